The summed E-state index contributed by atoms with van der Waals surface area (Å²) in [6, 6.07) is 3.67. The van der Waals surface area contributed by atoms with Crippen LogP contribution in [0.1, 0.15) is 32.3 Å². The number of nitrogens with two attached hydrogens (primary N) is 1. The van der Waals surface area contributed by atoms with Gasteiger partial charge in [-0.1, -0.05) is 25.1 Å². The normalized spacial score (nSPS) is 12.2. The minimum Gasteiger partial charge on any atom is -0.409 e. The molecule has 0 unspecified atom stereocenters. The Labute approximate surface area is 112 Å². The summed E-state index contributed by atoms with van der Waals surface area (Å²) < 4.78 is 0. The summed E-state index contributed by atoms with van der Waals surface area (Å²) in [7, 11) is 0. The fraction of sp³-hybridized carbons (Fsp3) is 0.462. The van der Waals surface area contributed by atoms with Crippen LogP contribution in [0.4, 0.5) is 0 Å². The molecule has 6 heteroatoms. The van der Waals surface area contributed by atoms with Gasteiger partial charge in [-0.15, -0.1) is 0 Å². The van der Waals surface area contributed by atoms with Gasteiger partial charge in [0.2, 0.25) is 5.91 Å². The highest BCUT2D eigenvalue weighted by Crippen LogP contribution is 2.27. The maximum atomic E-state index is 12.3. The zero-order valence-corrected chi connectivity index (χ0v) is 11.3. The number of rotatable bonds is 6. The molecule has 0 saturated heterocycles. The number of pyridine rings is 1. The lowest BCUT2D eigenvalue weighted by Crippen LogP contribution is -2.49. The SMILES string of the molecule is CCC(CC)(C(=O)NCc1cccnc1)C(N)=NO. The second-order valence-electron chi connectivity index (χ2n) is 4.32. The molecule has 0 saturated carbocycles. The molecule has 1 aromatic heterocycles. The number of oxime groups is 1. The molecular formula is C13H20N4O2. The summed E-state index contributed by atoms with van der Waals surface area (Å²) in [6.45, 7) is 4.05. The summed E-state index contributed by atoms with van der Waals surface area (Å²) in [4.78, 5) is 16.3. The van der Waals surface area contributed by atoms with Crippen molar-refractivity contribution < 1.29 is 10.0 Å². The number of amidine groups is 1. The first-order valence-electron chi connectivity index (χ1n) is 6.26. The molecule has 0 aromatic carbocycles. The largest absolute Gasteiger partial charge is 0.409 e. The van der Waals surface area contributed by atoms with Crippen molar-refractivity contribution >= 4 is 11.7 Å². The van der Waals surface area contributed by atoms with Gasteiger partial charge in [0.05, 0.1) is 0 Å². The van der Waals surface area contributed by atoms with Crippen LogP contribution in [0.2, 0.25) is 0 Å². The van der Waals surface area contributed by atoms with E-state index in [-0.39, 0.29) is 11.7 Å². The van der Waals surface area contributed by atoms with Crippen LogP contribution in [-0.4, -0.2) is 21.9 Å². The number of nitrogens with zero attached hydrogens (tertiary/aromatic N) is 2. The van der Waals surface area contributed by atoms with Gasteiger partial charge in [0, 0.05) is 18.9 Å². The number of amides is 1. The minimum atomic E-state index is -0.961. The number of hydrogen-bond donors (Lipinski definition) is 3. The minimum absolute atomic E-state index is 0.0545. The van der Waals surface area contributed by atoms with Crippen molar-refractivity contribution in [2.75, 3.05) is 0 Å². The first-order valence-corrected chi connectivity index (χ1v) is 6.26. The van der Waals surface area contributed by atoms with Gasteiger partial charge in [0.25, 0.3) is 0 Å². The summed E-state index contributed by atoms with van der Waals surface area (Å²) in [6.07, 6.45) is 4.30. The van der Waals surface area contributed by atoms with Crippen LogP contribution in [0.15, 0.2) is 29.7 Å². The Morgan fingerprint density at radius 1 is 1.53 bits per heavy atom. The molecule has 1 rings (SSSR count). The highest BCUT2D eigenvalue weighted by molar-refractivity contribution is 6.06. The van der Waals surface area contributed by atoms with Gasteiger partial charge in [-0.3, -0.25) is 9.78 Å². The number of carbonyl (C=O) groups excluding carboxylic acids is 1. The second kappa shape index (κ2) is 6.72. The fourth-order valence-electron chi connectivity index (χ4n) is 2.00. The highest BCUT2D eigenvalue weighted by atomic mass is 16.4. The molecular weight excluding hydrogens is 244 g/mol. The molecule has 104 valence electrons. The van der Waals surface area contributed by atoms with Crippen LogP contribution in [0.5, 0.6) is 0 Å². The van der Waals surface area contributed by atoms with E-state index in [2.05, 4.69) is 15.5 Å². The van der Waals surface area contributed by atoms with Crippen LogP contribution in [0.3, 0.4) is 0 Å². The van der Waals surface area contributed by atoms with Gasteiger partial charge >= 0.3 is 0 Å². The third-order valence-electron chi connectivity index (χ3n) is 3.42. The summed E-state index contributed by atoms with van der Waals surface area (Å²) in [5.74, 6) is -0.294. The van der Waals surface area contributed by atoms with Crippen LogP contribution in [0.25, 0.3) is 0 Å². The van der Waals surface area contributed by atoms with E-state index in [0.717, 1.165) is 5.56 Å². The maximum absolute atomic E-state index is 12.3. The molecule has 0 aliphatic heterocycles. The number of hydrogen-bond acceptors (Lipinski definition) is 4. The Bertz CT molecular complexity index is 441. The molecule has 0 radical (unpaired) electrons. The smallest absolute Gasteiger partial charge is 0.234 e. The molecule has 0 fully saturated rings. The van der Waals surface area contributed by atoms with E-state index in [1.807, 2.05) is 19.9 Å². The van der Waals surface area contributed by atoms with E-state index < -0.39 is 5.41 Å². The van der Waals surface area contributed by atoms with Gasteiger partial charge in [-0.25, -0.2) is 0 Å². The third-order valence-corrected chi connectivity index (χ3v) is 3.42. The standard InChI is InChI=1S/C13H20N4O2/c1-3-13(4-2,11(14)17-19)12(18)16-9-10-6-5-7-15-8-10/h5-8,19H,3-4,9H2,1-2H3,(H2,14,17)(H,16,18). The van der Waals surface area contributed by atoms with Crippen molar-refractivity contribution in [2.24, 2.45) is 16.3 Å². The lowest BCUT2D eigenvalue weighted by molar-refractivity contribution is -0.128. The summed E-state index contributed by atoms with van der Waals surface area (Å²) in [5, 5.41) is 14.6. The maximum Gasteiger partial charge on any atom is 0.234 e. The Morgan fingerprint density at radius 2 is 2.21 bits per heavy atom. The molecule has 0 bridgehead atoms. The molecule has 19 heavy (non-hydrogen) atoms. The van der Waals surface area contributed by atoms with Gasteiger partial charge in [-0.05, 0) is 24.5 Å². The Morgan fingerprint density at radius 3 is 2.68 bits per heavy atom. The Hall–Kier alpha value is -2.11. The van der Waals surface area contributed by atoms with E-state index in [1.165, 1.54) is 0 Å². The quantitative estimate of drug-likeness (QED) is 0.311. The van der Waals surface area contributed by atoms with Crippen LogP contribution in [0, 0.1) is 5.41 Å². The molecule has 6 nitrogen and oxygen atoms in total. The summed E-state index contributed by atoms with van der Waals surface area (Å²) >= 11 is 0. The number of aromatic nitrogens is 1. The molecule has 4 N–H and O–H groups in total. The average molecular weight is 264 g/mol. The van der Waals surface area contributed by atoms with E-state index in [9.17, 15) is 4.79 Å². The van der Waals surface area contributed by atoms with E-state index in [1.54, 1.807) is 18.5 Å². The predicted octanol–water partition coefficient (Wildman–Crippen LogP) is 1.25. The van der Waals surface area contributed by atoms with E-state index in [0.29, 0.717) is 19.4 Å². The fourth-order valence-corrected chi connectivity index (χ4v) is 2.00. The lowest BCUT2D eigenvalue weighted by Gasteiger charge is -2.28. The van der Waals surface area contributed by atoms with Crippen molar-refractivity contribution in [3.63, 3.8) is 0 Å². The molecule has 1 amide bonds. The lowest BCUT2D eigenvalue weighted by atomic mass is 9.80. The van der Waals surface area contributed by atoms with Gasteiger partial charge in [0.1, 0.15) is 5.41 Å². The van der Waals surface area contributed by atoms with Gasteiger partial charge < -0.3 is 16.3 Å². The van der Waals surface area contributed by atoms with E-state index in [4.69, 9.17) is 10.9 Å². The Kier molecular flexibility index (Phi) is 5.29. The average Bonchev–Trinajstić information content (AvgIpc) is 2.47. The van der Waals surface area contributed by atoms with Crippen molar-refractivity contribution in [3.05, 3.63) is 30.1 Å². The highest BCUT2D eigenvalue weighted by Gasteiger charge is 2.39. The zero-order valence-electron chi connectivity index (χ0n) is 11.3. The summed E-state index contributed by atoms with van der Waals surface area (Å²) in [5.41, 5.74) is 5.61. The van der Waals surface area contributed by atoms with E-state index >= 15 is 0 Å². The number of carbonyl (C=O) groups is 1. The molecule has 0 spiro atoms. The zero-order chi connectivity index (χ0) is 14.3. The van der Waals surface area contributed by atoms with Crippen molar-refractivity contribution in [1.82, 2.24) is 10.3 Å². The van der Waals surface area contributed by atoms with Crippen LogP contribution in [-0.2, 0) is 11.3 Å². The monoisotopic (exact) mass is 264 g/mol. The van der Waals surface area contributed by atoms with Gasteiger partial charge in [0.15, 0.2) is 5.84 Å². The molecule has 0 aliphatic rings. The number of nitrogens with one attached hydrogen (secondary N) is 1. The molecule has 0 atom stereocenters. The third kappa shape index (κ3) is 3.21. The van der Waals surface area contributed by atoms with Gasteiger partial charge in [-0.2, -0.15) is 0 Å². The Balaban J connectivity index is 2.79. The molecule has 1 aromatic rings. The first-order chi connectivity index (χ1) is 9.10. The van der Waals surface area contributed by atoms with Crippen molar-refractivity contribution in [3.8, 4) is 0 Å². The van der Waals surface area contributed by atoms with Crippen molar-refractivity contribution in [1.29, 1.82) is 0 Å². The molecule has 1 heterocycles. The second-order valence-corrected chi connectivity index (χ2v) is 4.32. The topological polar surface area (TPSA) is 101 Å². The first kappa shape index (κ1) is 14.9. The molecule has 0 aliphatic carbocycles. The van der Waals surface area contributed by atoms with Crippen LogP contribution < -0.4 is 11.1 Å². The van der Waals surface area contributed by atoms with Crippen molar-refractivity contribution in [2.45, 2.75) is 33.2 Å². The van der Waals surface area contributed by atoms with Crippen LogP contribution >= 0.6 is 0 Å². The predicted molar refractivity (Wildman–Crippen MR) is 72.5 cm³/mol.